The highest BCUT2D eigenvalue weighted by atomic mass is 79.9. The summed E-state index contributed by atoms with van der Waals surface area (Å²) in [6.07, 6.45) is 3.73. The lowest BCUT2D eigenvalue weighted by atomic mass is 9.99. The fraction of sp³-hybridized carbons (Fsp3) is 0.778. The van der Waals surface area contributed by atoms with Crippen molar-refractivity contribution in [3.05, 3.63) is 10.1 Å². The highest BCUT2D eigenvalue weighted by molar-refractivity contribution is 9.11. The zero-order chi connectivity index (χ0) is 8.97. The summed E-state index contributed by atoms with van der Waals surface area (Å²) in [5.74, 6) is 0. The topological polar surface area (TPSA) is 18.5 Å². The van der Waals surface area contributed by atoms with Gasteiger partial charge in [-0.3, -0.25) is 0 Å². The van der Waals surface area contributed by atoms with Gasteiger partial charge in [-0.15, -0.1) is 0 Å². The minimum atomic E-state index is 0.221. The number of hydrogen-bond donors (Lipinski definition) is 0. The molecule has 70 valence electrons. The Bertz CT molecular complexity index is 177. The second-order valence-electron chi connectivity index (χ2n) is 3.08. The minimum absolute atomic E-state index is 0.221. The Balaban J connectivity index is 2.47. The first-order chi connectivity index (χ1) is 5.75. The number of rotatable bonds is 3. The molecule has 0 spiro atoms. The van der Waals surface area contributed by atoms with E-state index in [4.69, 9.17) is 9.47 Å². The van der Waals surface area contributed by atoms with Gasteiger partial charge in [0.1, 0.15) is 6.79 Å². The van der Waals surface area contributed by atoms with Crippen molar-refractivity contribution in [3.63, 3.8) is 0 Å². The number of ether oxygens (including phenoxy) is 2. The molecule has 3 heteroatoms. The van der Waals surface area contributed by atoms with E-state index in [1.807, 2.05) is 0 Å². The molecular weight excluding hydrogens is 220 g/mol. The monoisotopic (exact) mass is 234 g/mol. The van der Waals surface area contributed by atoms with E-state index >= 15 is 0 Å². The van der Waals surface area contributed by atoms with Crippen LogP contribution in [0.25, 0.3) is 0 Å². The van der Waals surface area contributed by atoms with E-state index in [1.54, 1.807) is 7.11 Å². The van der Waals surface area contributed by atoms with E-state index in [-0.39, 0.29) is 6.10 Å². The summed E-state index contributed by atoms with van der Waals surface area (Å²) >= 11 is 3.55. The molecule has 0 heterocycles. The Morgan fingerprint density at radius 3 is 3.00 bits per heavy atom. The maximum Gasteiger partial charge on any atom is 0.147 e. The van der Waals surface area contributed by atoms with E-state index in [0.29, 0.717) is 6.79 Å². The fourth-order valence-electron chi connectivity index (χ4n) is 1.38. The number of halogens is 1. The lowest BCUT2D eigenvalue weighted by molar-refractivity contribution is -0.0604. The highest BCUT2D eigenvalue weighted by Gasteiger charge is 2.19. The molecule has 0 radical (unpaired) electrons. The van der Waals surface area contributed by atoms with Crippen LogP contribution in [0.15, 0.2) is 10.1 Å². The van der Waals surface area contributed by atoms with Gasteiger partial charge in [-0.2, -0.15) is 0 Å². The molecule has 0 fully saturated rings. The molecule has 0 amide bonds. The summed E-state index contributed by atoms with van der Waals surface area (Å²) in [6.45, 7) is 2.53. The van der Waals surface area contributed by atoms with Crippen molar-refractivity contribution in [2.75, 3.05) is 13.9 Å². The molecule has 0 saturated heterocycles. The van der Waals surface area contributed by atoms with Gasteiger partial charge >= 0.3 is 0 Å². The second-order valence-corrected chi connectivity index (χ2v) is 3.94. The van der Waals surface area contributed by atoms with Crippen molar-refractivity contribution in [3.8, 4) is 0 Å². The third-order valence-corrected chi connectivity index (χ3v) is 3.28. The number of methoxy groups -OCH3 is 1. The average Bonchev–Trinajstić information content (AvgIpc) is 2.08. The molecule has 1 aliphatic rings. The molecule has 1 unspecified atom stereocenters. The Kier molecular flexibility index (Phi) is 4.26. The third-order valence-electron chi connectivity index (χ3n) is 2.10. The Labute approximate surface area is 82.1 Å². The summed E-state index contributed by atoms with van der Waals surface area (Å²) in [7, 11) is 1.65. The molecule has 0 aromatic carbocycles. The molecule has 1 aliphatic carbocycles. The molecule has 2 nitrogen and oxygen atoms in total. The van der Waals surface area contributed by atoms with Crippen LogP contribution in [0.5, 0.6) is 0 Å². The van der Waals surface area contributed by atoms with Gasteiger partial charge in [-0.1, -0.05) is 21.5 Å². The lowest BCUT2D eigenvalue weighted by Crippen LogP contribution is -2.18. The van der Waals surface area contributed by atoms with Gasteiger partial charge in [0.25, 0.3) is 0 Å². The van der Waals surface area contributed by atoms with Crippen LogP contribution in [0.1, 0.15) is 26.2 Å². The van der Waals surface area contributed by atoms with Crippen molar-refractivity contribution < 1.29 is 9.47 Å². The SMILES string of the molecule is COCOC1CCCC(C)=C1Br. The Morgan fingerprint density at radius 2 is 2.33 bits per heavy atom. The van der Waals surface area contributed by atoms with Gasteiger partial charge in [0.15, 0.2) is 0 Å². The van der Waals surface area contributed by atoms with Crippen molar-refractivity contribution in [1.29, 1.82) is 0 Å². The largest absolute Gasteiger partial charge is 0.359 e. The van der Waals surface area contributed by atoms with Gasteiger partial charge in [-0.25, -0.2) is 0 Å². The minimum Gasteiger partial charge on any atom is -0.359 e. The first-order valence-electron chi connectivity index (χ1n) is 4.21. The summed E-state index contributed by atoms with van der Waals surface area (Å²) in [5, 5.41) is 0. The summed E-state index contributed by atoms with van der Waals surface area (Å²) < 4.78 is 11.6. The first kappa shape index (κ1) is 10.2. The van der Waals surface area contributed by atoms with Crippen molar-refractivity contribution in [2.45, 2.75) is 32.3 Å². The summed E-state index contributed by atoms with van der Waals surface area (Å²) in [6, 6.07) is 0. The van der Waals surface area contributed by atoms with Crippen LogP contribution in [0.3, 0.4) is 0 Å². The third kappa shape index (κ3) is 2.57. The van der Waals surface area contributed by atoms with E-state index in [9.17, 15) is 0 Å². The standard InChI is InChI=1S/C9H15BrO2/c1-7-4-3-5-8(9(7)10)12-6-11-2/h8H,3-6H2,1-2H3. The molecule has 1 rings (SSSR count). The molecule has 1 atom stereocenters. The fourth-order valence-corrected chi connectivity index (χ4v) is 1.94. The van der Waals surface area contributed by atoms with E-state index in [1.165, 1.54) is 22.9 Å². The maximum atomic E-state index is 5.49. The van der Waals surface area contributed by atoms with Crippen LogP contribution in [0.4, 0.5) is 0 Å². The molecule has 0 N–H and O–H groups in total. The van der Waals surface area contributed by atoms with Gasteiger partial charge in [0.05, 0.1) is 6.10 Å². The van der Waals surface area contributed by atoms with E-state index < -0.39 is 0 Å². The Morgan fingerprint density at radius 1 is 1.58 bits per heavy atom. The van der Waals surface area contributed by atoms with Crippen molar-refractivity contribution in [2.24, 2.45) is 0 Å². The molecule has 12 heavy (non-hydrogen) atoms. The van der Waals surface area contributed by atoms with E-state index in [0.717, 1.165) is 6.42 Å². The van der Waals surface area contributed by atoms with Gasteiger partial charge in [0.2, 0.25) is 0 Å². The quantitative estimate of drug-likeness (QED) is 0.700. The van der Waals surface area contributed by atoms with Gasteiger partial charge < -0.3 is 9.47 Å². The van der Waals surface area contributed by atoms with Gasteiger partial charge in [0, 0.05) is 11.6 Å². The van der Waals surface area contributed by atoms with Crippen LogP contribution < -0.4 is 0 Å². The molecular formula is C9H15BrO2. The molecule has 0 saturated carbocycles. The number of hydrogen-bond acceptors (Lipinski definition) is 2. The summed E-state index contributed by atoms with van der Waals surface area (Å²) in [5.41, 5.74) is 1.40. The van der Waals surface area contributed by atoms with Crippen LogP contribution in [0.2, 0.25) is 0 Å². The van der Waals surface area contributed by atoms with Crippen molar-refractivity contribution >= 4 is 15.9 Å². The lowest BCUT2D eigenvalue weighted by Gasteiger charge is -2.23. The molecule has 0 aromatic rings. The second kappa shape index (κ2) is 5.00. The van der Waals surface area contributed by atoms with Crippen LogP contribution in [-0.4, -0.2) is 20.0 Å². The van der Waals surface area contributed by atoms with Crippen molar-refractivity contribution in [1.82, 2.24) is 0 Å². The van der Waals surface area contributed by atoms with Crippen LogP contribution in [0, 0.1) is 0 Å². The first-order valence-corrected chi connectivity index (χ1v) is 5.00. The zero-order valence-corrected chi connectivity index (χ0v) is 9.19. The predicted molar refractivity (Wildman–Crippen MR) is 52.2 cm³/mol. The maximum absolute atomic E-state index is 5.49. The van der Waals surface area contributed by atoms with E-state index in [2.05, 4.69) is 22.9 Å². The Hall–Kier alpha value is 0.140. The molecule has 0 aliphatic heterocycles. The predicted octanol–water partition coefficient (Wildman–Crippen LogP) is 2.83. The smallest absolute Gasteiger partial charge is 0.147 e. The normalized spacial score (nSPS) is 24.8. The summed E-state index contributed by atoms with van der Waals surface area (Å²) in [4.78, 5) is 0. The van der Waals surface area contributed by atoms with Crippen LogP contribution in [-0.2, 0) is 9.47 Å². The van der Waals surface area contributed by atoms with Crippen LogP contribution >= 0.6 is 15.9 Å². The van der Waals surface area contributed by atoms with Gasteiger partial charge in [-0.05, 0) is 26.2 Å². The molecule has 0 aromatic heterocycles. The average molecular weight is 235 g/mol. The number of allylic oxidation sites excluding steroid dienone is 1. The molecule has 0 bridgehead atoms. The highest BCUT2D eigenvalue weighted by Crippen LogP contribution is 2.30. The zero-order valence-electron chi connectivity index (χ0n) is 7.60.